The van der Waals surface area contributed by atoms with Crippen molar-refractivity contribution in [3.63, 3.8) is 0 Å². The van der Waals surface area contributed by atoms with E-state index in [1.807, 2.05) is 61.7 Å². The average molecular weight is 808 g/mol. The Morgan fingerprint density at radius 1 is 0.912 bits per heavy atom. The van der Waals surface area contributed by atoms with Gasteiger partial charge in [0, 0.05) is 80.1 Å². The Morgan fingerprint density at radius 3 is 2.30 bits per heavy atom. The highest BCUT2D eigenvalue weighted by molar-refractivity contribution is 8.00. The maximum absolute atomic E-state index is 15.1. The first-order valence-corrected chi connectivity index (χ1v) is 20.4. The molecule has 0 spiro atoms. The number of thioether (sulfide) groups is 1. The largest absolute Gasteiger partial charge is 0.354 e. The number of unbranched alkanes of at least 4 members (excludes halogenated alkanes) is 2. The standard InChI is InChI=1S/C42H55F2N7O5S/c1-42(2,3)40(35-23-30(32-24-31(43)14-15-33(32)44)26-49(35)25-29-11-6-4-7-12-29)51(22-10-18-45)39(55)28-57-27-34(46)41(56)48-20-19-47-36(52)13-8-5-9-21-50-37(53)16-17-38(50)54/h4,6-7,11-12,14-17,23-24,26,34,40H,5,8-10,13,18-22,25,27-28,45-46H2,1-3H3,(H,47,52)(H,48,56)/t34-,40-/m0/s1. The van der Waals surface area contributed by atoms with Gasteiger partial charge in [-0.2, -0.15) is 0 Å². The van der Waals surface area contributed by atoms with Gasteiger partial charge in [-0.15, -0.1) is 11.8 Å². The normalized spacial score (nSPS) is 13.8. The van der Waals surface area contributed by atoms with Crippen LogP contribution >= 0.6 is 11.8 Å². The van der Waals surface area contributed by atoms with Gasteiger partial charge in [0.1, 0.15) is 11.6 Å². The minimum Gasteiger partial charge on any atom is -0.354 e. The third-order valence-corrected chi connectivity index (χ3v) is 10.5. The molecule has 6 N–H and O–H groups in total. The Hall–Kier alpha value is -4.86. The Kier molecular flexibility index (Phi) is 17.0. The maximum Gasteiger partial charge on any atom is 0.253 e. The van der Waals surface area contributed by atoms with E-state index >= 15 is 4.39 Å². The molecule has 2 heterocycles. The number of nitrogens with one attached hydrogen (secondary N) is 2. The van der Waals surface area contributed by atoms with Gasteiger partial charge in [0.25, 0.3) is 11.8 Å². The van der Waals surface area contributed by atoms with Crippen LogP contribution in [0.25, 0.3) is 11.1 Å². The highest BCUT2D eigenvalue weighted by Crippen LogP contribution is 2.41. The summed E-state index contributed by atoms with van der Waals surface area (Å²) in [7, 11) is 0. The van der Waals surface area contributed by atoms with Crippen molar-refractivity contribution in [1.29, 1.82) is 0 Å². The van der Waals surface area contributed by atoms with E-state index in [9.17, 15) is 28.4 Å². The molecule has 0 bridgehead atoms. The van der Waals surface area contributed by atoms with Gasteiger partial charge in [-0.3, -0.25) is 28.9 Å². The van der Waals surface area contributed by atoms with E-state index in [0.717, 1.165) is 23.4 Å². The fourth-order valence-corrected chi connectivity index (χ4v) is 7.56. The molecule has 3 aromatic rings. The Balaban J connectivity index is 1.33. The molecule has 4 rings (SSSR count). The van der Waals surface area contributed by atoms with E-state index in [4.69, 9.17) is 11.5 Å². The molecule has 5 amide bonds. The van der Waals surface area contributed by atoms with Crippen molar-refractivity contribution in [2.45, 2.75) is 71.5 Å². The van der Waals surface area contributed by atoms with Gasteiger partial charge in [-0.1, -0.05) is 57.5 Å². The number of halogens is 2. The molecule has 0 unspecified atom stereocenters. The van der Waals surface area contributed by atoms with E-state index < -0.39 is 35.0 Å². The molecule has 0 saturated heterocycles. The highest BCUT2D eigenvalue weighted by atomic mass is 32.2. The van der Waals surface area contributed by atoms with Crippen LogP contribution < -0.4 is 22.1 Å². The van der Waals surface area contributed by atoms with Crippen LogP contribution in [0, 0.1) is 17.0 Å². The van der Waals surface area contributed by atoms with Crippen LogP contribution in [0.2, 0.25) is 0 Å². The van der Waals surface area contributed by atoms with Gasteiger partial charge in [-0.05, 0) is 61.1 Å². The molecule has 1 aromatic heterocycles. The molecule has 0 radical (unpaired) electrons. The first kappa shape index (κ1) is 44.8. The van der Waals surface area contributed by atoms with Crippen molar-refractivity contribution >= 4 is 41.3 Å². The topological polar surface area (TPSA) is 173 Å². The summed E-state index contributed by atoms with van der Waals surface area (Å²) in [5.41, 5.74) is 14.0. The Bertz CT molecular complexity index is 1860. The van der Waals surface area contributed by atoms with E-state index in [2.05, 4.69) is 10.6 Å². The number of hydrogen-bond acceptors (Lipinski definition) is 8. The number of nitrogens with zero attached hydrogens (tertiary/aromatic N) is 3. The van der Waals surface area contributed by atoms with Crippen LogP contribution in [-0.4, -0.2) is 94.2 Å². The summed E-state index contributed by atoms with van der Waals surface area (Å²) in [6.45, 7) is 7.95. The fourth-order valence-electron chi connectivity index (χ4n) is 6.69. The molecule has 0 aliphatic carbocycles. The summed E-state index contributed by atoms with van der Waals surface area (Å²) in [6, 6.07) is 13.6. The number of imide groups is 1. The zero-order chi connectivity index (χ0) is 41.5. The molecule has 0 fully saturated rings. The van der Waals surface area contributed by atoms with Gasteiger partial charge in [0.15, 0.2) is 0 Å². The second-order valence-electron chi connectivity index (χ2n) is 15.1. The summed E-state index contributed by atoms with van der Waals surface area (Å²) in [5.74, 6) is -2.29. The molecular formula is C42H55F2N7O5S. The number of rotatable bonds is 22. The number of carbonyl (C=O) groups is 5. The van der Waals surface area contributed by atoms with Gasteiger partial charge in [-0.25, -0.2) is 8.78 Å². The van der Waals surface area contributed by atoms with Crippen molar-refractivity contribution < 1.29 is 32.8 Å². The zero-order valence-electron chi connectivity index (χ0n) is 33.0. The predicted molar refractivity (Wildman–Crippen MR) is 219 cm³/mol. The van der Waals surface area contributed by atoms with Crippen molar-refractivity contribution in [1.82, 2.24) is 25.0 Å². The molecule has 1 aliphatic heterocycles. The SMILES string of the molecule is CC(C)(C)[C@H](c1cc(-c2cc(F)ccc2F)cn1Cc1ccccc1)N(CCCN)C(=O)CSC[C@H](N)C(=O)NCCNC(=O)CCCCCN1C(=O)C=CC1=O. The molecule has 308 valence electrons. The lowest BCUT2D eigenvalue weighted by Crippen LogP contribution is -2.46. The number of amides is 5. The van der Waals surface area contributed by atoms with Crippen molar-refractivity contribution in [2.24, 2.45) is 16.9 Å². The fraction of sp³-hybridized carbons (Fsp3) is 0.452. The lowest BCUT2D eigenvalue weighted by Gasteiger charge is -2.41. The summed E-state index contributed by atoms with van der Waals surface area (Å²) in [4.78, 5) is 65.2. The molecule has 0 saturated carbocycles. The monoisotopic (exact) mass is 807 g/mol. The van der Waals surface area contributed by atoms with Crippen molar-refractivity contribution in [3.8, 4) is 11.1 Å². The smallest absolute Gasteiger partial charge is 0.253 e. The molecule has 12 nitrogen and oxygen atoms in total. The van der Waals surface area contributed by atoms with E-state index in [1.54, 1.807) is 11.1 Å². The van der Waals surface area contributed by atoms with Crippen LogP contribution in [-0.2, 0) is 30.5 Å². The molecule has 1 aliphatic rings. The lowest BCUT2D eigenvalue weighted by molar-refractivity contribution is -0.137. The quantitative estimate of drug-likeness (QED) is 0.0848. The van der Waals surface area contributed by atoms with Crippen LogP contribution in [0.4, 0.5) is 8.78 Å². The van der Waals surface area contributed by atoms with E-state index in [-0.39, 0.29) is 60.2 Å². The van der Waals surface area contributed by atoms with Crippen molar-refractivity contribution in [2.75, 3.05) is 44.2 Å². The second kappa shape index (κ2) is 21.6. The molecule has 2 atom stereocenters. The summed E-state index contributed by atoms with van der Waals surface area (Å²) >= 11 is 1.24. The van der Waals surface area contributed by atoms with Gasteiger partial charge < -0.3 is 31.6 Å². The first-order valence-electron chi connectivity index (χ1n) is 19.3. The van der Waals surface area contributed by atoms with Gasteiger partial charge >= 0.3 is 0 Å². The van der Waals surface area contributed by atoms with Crippen LogP contribution in [0.15, 0.2) is 72.9 Å². The van der Waals surface area contributed by atoms with Crippen LogP contribution in [0.5, 0.6) is 0 Å². The van der Waals surface area contributed by atoms with Gasteiger partial charge in [0.05, 0.1) is 17.8 Å². The highest BCUT2D eigenvalue weighted by Gasteiger charge is 2.37. The van der Waals surface area contributed by atoms with Gasteiger partial charge in [0.2, 0.25) is 17.7 Å². The predicted octanol–water partition coefficient (Wildman–Crippen LogP) is 4.52. The van der Waals surface area contributed by atoms with E-state index in [1.165, 1.54) is 34.9 Å². The average Bonchev–Trinajstić information content (AvgIpc) is 3.72. The zero-order valence-corrected chi connectivity index (χ0v) is 33.8. The maximum atomic E-state index is 15.1. The van der Waals surface area contributed by atoms with Crippen LogP contribution in [0.1, 0.15) is 70.2 Å². The number of nitrogens with two attached hydrogens (primary N) is 2. The minimum atomic E-state index is -0.897. The number of aromatic nitrogens is 1. The first-order chi connectivity index (χ1) is 27.2. The molecule has 15 heteroatoms. The number of benzene rings is 2. The molecule has 2 aromatic carbocycles. The molecule has 57 heavy (non-hydrogen) atoms. The van der Waals surface area contributed by atoms with Crippen LogP contribution in [0.3, 0.4) is 0 Å². The second-order valence-corrected chi connectivity index (χ2v) is 16.2. The summed E-state index contributed by atoms with van der Waals surface area (Å²) in [6.07, 6.45) is 6.99. The molecular weight excluding hydrogens is 753 g/mol. The third kappa shape index (κ3) is 13.4. The minimum absolute atomic E-state index is 0.0422. The number of hydrogen-bond donors (Lipinski definition) is 4. The summed E-state index contributed by atoms with van der Waals surface area (Å²) in [5, 5.41) is 5.48. The lowest BCUT2D eigenvalue weighted by atomic mass is 9.83. The third-order valence-electron chi connectivity index (χ3n) is 9.49. The Labute approximate surface area is 337 Å². The van der Waals surface area contributed by atoms with Crippen molar-refractivity contribution in [3.05, 3.63) is 95.8 Å². The Morgan fingerprint density at radius 2 is 1.61 bits per heavy atom. The van der Waals surface area contributed by atoms with E-state index in [0.29, 0.717) is 57.4 Å². The number of carbonyl (C=O) groups excluding carboxylic acids is 5. The summed E-state index contributed by atoms with van der Waals surface area (Å²) < 4.78 is 31.4.